The van der Waals surface area contributed by atoms with Gasteiger partial charge in [0, 0.05) is 44.6 Å². The first-order valence-corrected chi connectivity index (χ1v) is 18.3. The zero-order chi connectivity index (χ0) is 34.9. The Kier molecular flexibility index (Phi) is 6.68. The number of benzene rings is 7. The van der Waals surface area contributed by atoms with Gasteiger partial charge in [0.15, 0.2) is 5.58 Å². The summed E-state index contributed by atoms with van der Waals surface area (Å²) in [4.78, 5) is 2.35. The second kappa shape index (κ2) is 11.9. The quantitative estimate of drug-likeness (QED) is 0.181. The van der Waals surface area contributed by atoms with Crippen LogP contribution in [0.4, 0.5) is 17.1 Å². The van der Waals surface area contributed by atoms with Crippen LogP contribution in [-0.2, 0) is 0 Å². The molecule has 0 N–H and O–H groups in total. The third kappa shape index (κ3) is 4.74. The number of furan rings is 2. The Morgan fingerprint density at radius 1 is 0.453 bits per heavy atom. The van der Waals surface area contributed by atoms with Crippen LogP contribution < -0.4 is 4.90 Å². The highest BCUT2D eigenvalue weighted by atomic mass is 16.3. The summed E-state index contributed by atoms with van der Waals surface area (Å²) in [5, 5.41) is 5.75. The van der Waals surface area contributed by atoms with Crippen LogP contribution >= 0.6 is 0 Å². The molecule has 0 aliphatic heterocycles. The Hall–Kier alpha value is -6.84. The fourth-order valence-electron chi connectivity index (χ4n) is 8.55. The van der Waals surface area contributed by atoms with Crippen molar-refractivity contribution in [2.24, 2.45) is 5.92 Å². The molecular formula is C50H33NO2. The molecule has 2 unspecified atom stereocenters. The normalized spacial score (nSPS) is 16.3. The standard InChI is InChI=1S/C50H33NO2/c1-2-12-32(13-3-1)35-26-29-48-43(30-35)44-31-42(38-17-6-7-19-40(38)49(44)52-48)34-24-27-36(28-25-34)51(45-21-10-15-33-14-4-5-16-37(33)45)46-22-11-20-41-39-18-8-9-23-47(39)53-50(41)46/h1-31,38,40H. The molecular weight excluding hydrogens is 647 g/mol. The summed E-state index contributed by atoms with van der Waals surface area (Å²) < 4.78 is 13.3. The Labute approximate surface area is 307 Å². The van der Waals surface area contributed by atoms with Crippen LogP contribution in [0.2, 0.25) is 0 Å². The van der Waals surface area contributed by atoms with Gasteiger partial charge in [0.2, 0.25) is 0 Å². The molecule has 2 heterocycles. The summed E-state index contributed by atoms with van der Waals surface area (Å²) in [5.41, 5.74) is 11.9. The van der Waals surface area contributed by atoms with E-state index in [0.29, 0.717) is 0 Å². The lowest BCUT2D eigenvalue weighted by molar-refractivity contribution is 0.496. The Morgan fingerprint density at radius 3 is 2.02 bits per heavy atom. The summed E-state index contributed by atoms with van der Waals surface area (Å²) in [6, 6.07) is 56.1. The van der Waals surface area contributed by atoms with E-state index in [4.69, 9.17) is 8.83 Å². The molecule has 11 rings (SSSR count). The third-order valence-electron chi connectivity index (χ3n) is 11.0. The SMILES string of the molecule is C1=CC2C(c3ccc(N(c4cccc5ccccc45)c4cccc5c4oc4ccccc45)cc3)=Cc3c(oc4ccc(-c5ccccc5)cc34)C2C=C1. The predicted molar refractivity (Wildman–Crippen MR) is 220 cm³/mol. The van der Waals surface area contributed by atoms with Crippen LogP contribution in [0.1, 0.15) is 22.8 Å². The average Bonchev–Trinajstić information content (AvgIpc) is 3.80. The Bertz CT molecular complexity index is 2950. The zero-order valence-corrected chi connectivity index (χ0v) is 28.8. The first kappa shape index (κ1) is 29.8. The van der Waals surface area contributed by atoms with E-state index < -0.39 is 0 Å². The van der Waals surface area contributed by atoms with Gasteiger partial charge in [0.1, 0.15) is 16.9 Å². The second-order valence-electron chi connectivity index (χ2n) is 14.0. The maximum absolute atomic E-state index is 6.63. The van der Waals surface area contributed by atoms with Crippen LogP contribution in [0, 0.1) is 5.92 Å². The summed E-state index contributed by atoms with van der Waals surface area (Å²) in [7, 11) is 0. The van der Waals surface area contributed by atoms with E-state index in [1.807, 2.05) is 12.1 Å². The molecule has 7 aromatic carbocycles. The number of rotatable bonds is 5. The molecule has 2 aliphatic carbocycles. The van der Waals surface area contributed by atoms with Crippen LogP contribution in [-0.4, -0.2) is 0 Å². The lowest BCUT2D eigenvalue weighted by atomic mass is 9.73. The molecule has 0 spiro atoms. The maximum atomic E-state index is 6.63. The molecule has 9 aromatic rings. The molecule has 0 bridgehead atoms. The number of hydrogen-bond acceptors (Lipinski definition) is 3. The van der Waals surface area contributed by atoms with E-state index in [-0.39, 0.29) is 11.8 Å². The van der Waals surface area contributed by atoms with Gasteiger partial charge in [-0.2, -0.15) is 0 Å². The largest absolute Gasteiger partial charge is 0.460 e. The van der Waals surface area contributed by atoms with E-state index in [9.17, 15) is 0 Å². The number of allylic oxidation sites excluding steroid dienone is 5. The fourth-order valence-corrected chi connectivity index (χ4v) is 8.55. The molecule has 0 saturated carbocycles. The van der Waals surface area contributed by atoms with Crippen molar-refractivity contribution in [3.8, 4) is 11.1 Å². The monoisotopic (exact) mass is 679 g/mol. The van der Waals surface area contributed by atoms with E-state index in [0.717, 1.165) is 55.7 Å². The Morgan fingerprint density at radius 2 is 1.13 bits per heavy atom. The van der Waals surface area contributed by atoms with Gasteiger partial charge < -0.3 is 13.7 Å². The predicted octanol–water partition coefficient (Wildman–Crippen LogP) is 14.0. The first-order valence-electron chi connectivity index (χ1n) is 18.3. The minimum atomic E-state index is 0.125. The van der Waals surface area contributed by atoms with Crippen molar-refractivity contribution in [3.63, 3.8) is 0 Å². The van der Waals surface area contributed by atoms with Crippen molar-refractivity contribution >= 4 is 72.4 Å². The van der Waals surface area contributed by atoms with Crippen LogP contribution in [0.5, 0.6) is 0 Å². The minimum absolute atomic E-state index is 0.125. The number of hydrogen-bond donors (Lipinski definition) is 0. The molecule has 2 aliphatic rings. The van der Waals surface area contributed by atoms with Gasteiger partial charge in [-0.25, -0.2) is 0 Å². The molecule has 0 fully saturated rings. The third-order valence-corrected chi connectivity index (χ3v) is 11.0. The van der Waals surface area contributed by atoms with Gasteiger partial charge in [-0.1, -0.05) is 140 Å². The fraction of sp³-hybridized carbons (Fsp3) is 0.0400. The highest BCUT2D eigenvalue weighted by Crippen LogP contribution is 2.50. The smallest absolute Gasteiger partial charge is 0.159 e. The van der Waals surface area contributed by atoms with E-state index in [1.165, 1.54) is 38.6 Å². The summed E-state index contributed by atoms with van der Waals surface area (Å²) in [6.07, 6.45) is 11.3. The van der Waals surface area contributed by atoms with Crippen molar-refractivity contribution < 1.29 is 8.83 Å². The van der Waals surface area contributed by atoms with Crippen molar-refractivity contribution in [2.75, 3.05) is 4.90 Å². The van der Waals surface area contributed by atoms with Crippen LogP contribution in [0.25, 0.3) is 66.5 Å². The number of para-hydroxylation sites is 2. The Balaban J connectivity index is 1.07. The molecule has 250 valence electrons. The van der Waals surface area contributed by atoms with Crippen LogP contribution in [0.3, 0.4) is 0 Å². The van der Waals surface area contributed by atoms with Gasteiger partial charge >= 0.3 is 0 Å². The van der Waals surface area contributed by atoms with Gasteiger partial charge in [-0.15, -0.1) is 0 Å². The highest BCUT2D eigenvalue weighted by molar-refractivity contribution is 6.11. The minimum Gasteiger partial charge on any atom is -0.460 e. The second-order valence-corrected chi connectivity index (χ2v) is 14.0. The zero-order valence-electron chi connectivity index (χ0n) is 28.8. The summed E-state index contributed by atoms with van der Waals surface area (Å²) in [6.45, 7) is 0. The van der Waals surface area contributed by atoms with Crippen molar-refractivity contribution in [1.29, 1.82) is 0 Å². The first-order chi connectivity index (χ1) is 26.3. The molecule has 0 saturated heterocycles. The molecule has 3 nitrogen and oxygen atoms in total. The lowest BCUT2D eigenvalue weighted by Crippen LogP contribution is -2.17. The van der Waals surface area contributed by atoms with Gasteiger partial charge in [0.05, 0.1) is 11.4 Å². The highest BCUT2D eigenvalue weighted by Gasteiger charge is 2.34. The van der Waals surface area contributed by atoms with E-state index in [1.54, 1.807) is 0 Å². The topological polar surface area (TPSA) is 29.5 Å². The van der Waals surface area contributed by atoms with Crippen molar-refractivity contribution in [3.05, 3.63) is 199 Å². The lowest BCUT2D eigenvalue weighted by Gasteiger charge is -2.30. The van der Waals surface area contributed by atoms with Crippen molar-refractivity contribution in [1.82, 2.24) is 0 Å². The molecule has 3 heteroatoms. The average molecular weight is 680 g/mol. The number of anilines is 3. The molecule has 0 amide bonds. The molecule has 53 heavy (non-hydrogen) atoms. The molecule has 0 radical (unpaired) electrons. The van der Waals surface area contributed by atoms with Gasteiger partial charge in [-0.05, 0) is 76.2 Å². The van der Waals surface area contributed by atoms with E-state index in [2.05, 4.69) is 181 Å². The number of fused-ring (bicyclic) bond motifs is 9. The van der Waals surface area contributed by atoms with E-state index >= 15 is 0 Å². The van der Waals surface area contributed by atoms with Gasteiger partial charge in [-0.3, -0.25) is 0 Å². The molecule has 2 atom stereocenters. The summed E-state index contributed by atoms with van der Waals surface area (Å²) in [5.74, 6) is 1.34. The van der Waals surface area contributed by atoms with Gasteiger partial charge in [0.25, 0.3) is 0 Å². The van der Waals surface area contributed by atoms with Crippen molar-refractivity contribution in [2.45, 2.75) is 5.92 Å². The molecule has 2 aromatic heterocycles. The summed E-state index contributed by atoms with van der Waals surface area (Å²) >= 11 is 0. The maximum Gasteiger partial charge on any atom is 0.159 e. The van der Waals surface area contributed by atoms with Crippen LogP contribution in [0.15, 0.2) is 191 Å². The number of nitrogens with zero attached hydrogens (tertiary/aromatic N) is 1.